The number of halogens is 1. The van der Waals surface area contributed by atoms with Crippen LogP contribution in [0.5, 0.6) is 5.75 Å². The van der Waals surface area contributed by atoms with Crippen LogP contribution in [0.4, 0.5) is 0 Å². The number of carbonyl (C=O) groups is 1. The third-order valence-corrected chi connectivity index (χ3v) is 4.52. The zero-order chi connectivity index (χ0) is 16.7. The number of benzene rings is 2. The molecule has 1 atom stereocenters. The van der Waals surface area contributed by atoms with E-state index < -0.39 is 0 Å². The van der Waals surface area contributed by atoms with E-state index in [1.165, 1.54) is 11.8 Å². The highest BCUT2D eigenvalue weighted by Gasteiger charge is 2.13. The Morgan fingerprint density at radius 3 is 2.70 bits per heavy atom. The first-order valence-corrected chi connectivity index (χ1v) is 8.70. The van der Waals surface area contributed by atoms with Crippen molar-refractivity contribution in [3.8, 4) is 5.75 Å². The zero-order valence-corrected chi connectivity index (χ0v) is 14.8. The maximum Gasteiger partial charge on any atom is 0.233 e. The topological polar surface area (TPSA) is 38.3 Å². The Bertz CT molecular complexity index is 646. The molecule has 0 radical (unpaired) electrons. The number of ether oxygens (including phenoxy) is 1. The highest BCUT2D eigenvalue weighted by molar-refractivity contribution is 8.00. The van der Waals surface area contributed by atoms with Crippen LogP contribution < -0.4 is 10.1 Å². The summed E-state index contributed by atoms with van der Waals surface area (Å²) in [5, 5.41) is 3.41. The van der Waals surface area contributed by atoms with E-state index in [9.17, 15) is 4.79 Å². The van der Waals surface area contributed by atoms with Gasteiger partial charge >= 0.3 is 0 Å². The predicted octanol–water partition coefficient (Wildman–Crippen LogP) is 4.32. The average molecular weight is 350 g/mol. The molecule has 3 nitrogen and oxygen atoms in total. The van der Waals surface area contributed by atoms with Crippen molar-refractivity contribution in [3.63, 3.8) is 0 Å². The Morgan fingerprint density at radius 2 is 2.00 bits per heavy atom. The van der Waals surface area contributed by atoms with Crippen LogP contribution in [-0.4, -0.2) is 24.3 Å². The summed E-state index contributed by atoms with van der Waals surface area (Å²) in [6.07, 6.45) is 0. The number of aryl methyl sites for hydroxylation is 1. The molecule has 122 valence electrons. The smallest absolute Gasteiger partial charge is 0.233 e. The van der Waals surface area contributed by atoms with Crippen molar-refractivity contribution in [2.75, 3.05) is 13.2 Å². The number of rotatable bonds is 7. The number of amides is 1. The maximum absolute atomic E-state index is 12.1. The van der Waals surface area contributed by atoms with Crippen molar-refractivity contribution < 1.29 is 9.53 Å². The minimum atomic E-state index is -0.171. The van der Waals surface area contributed by atoms with E-state index in [4.69, 9.17) is 16.3 Å². The summed E-state index contributed by atoms with van der Waals surface area (Å²) in [5.74, 6) is 0.820. The molecule has 1 N–H and O–H groups in total. The van der Waals surface area contributed by atoms with Crippen molar-refractivity contribution in [3.05, 3.63) is 59.1 Å². The molecule has 0 aliphatic heterocycles. The highest BCUT2D eigenvalue weighted by atomic mass is 35.5. The van der Waals surface area contributed by atoms with E-state index in [-0.39, 0.29) is 11.2 Å². The molecule has 0 aromatic heterocycles. The van der Waals surface area contributed by atoms with Gasteiger partial charge in [-0.3, -0.25) is 4.79 Å². The van der Waals surface area contributed by atoms with E-state index >= 15 is 0 Å². The average Bonchev–Trinajstić information content (AvgIpc) is 2.53. The van der Waals surface area contributed by atoms with Gasteiger partial charge in [0.1, 0.15) is 12.4 Å². The van der Waals surface area contributed by atoms with Crippen LogP contribution in [0.15, 0.2) is 53.4 Å². The van der Waals surface area contributed by atoms with Gasteiger partial charge in [0.2, 0.25) is 5.91 Å². The molecule has 0 spiro atoms. The standard InChI is InChI=1S/C18H20ClNO2S/c1-13-4-3-5-16(12-13)22-11-10-20-18(21)14(2)23-17-8-6-15(19)7-9-17/h3-9,12,14H,10-11H2,1-2H3,(H,20,21)/t14-/m0/s1. The predicted molar refractivity (Wildman–Crippen MR) is 96.5 cm³/mol. The van der Waals surface area contributed by atoms with Gasteiger partial charge in [-0.1, -0.05) is 23.7 Å². The summed E-state index contributed by atoms with van der Waals surface area (Å²) in [6.45, 7) is 4.84. The third kappa shape index (κ3) is 6.16. The molecule has 1 amide bonds. The number of hydrogen-bond acceptors (Lipinski definition) is 3. The molecule has 0 saturated heterocycles. The molecular formula is C18H20ClNO2S. The summed E-state index contributed by atoms with van der Waals surface area (Å²) >= 11 is 7.36. The molecule has 5 heteroatoms. The van der Waals surface area contributed by atoms with E-state index in [1.54, 1.807) is 0 Å². The largest absolute Gasteiger partial charge is 0.492 e. The Kier molecular flexibility index (Phi) is 6.81. The lowest BCUT2D eigenvalue weighted by Gasteiger charge is -2.12. The molecule has 0 saturated carbocycles. The van der Waals surface area contributed by atoms with Gasteiger partial charge in [0.25, 0.3) is 0 Å². The van der Waals surface area contributed by atoms with Gasteiger partial charge in [0.15, 0.2) is 0 Å². The fourth-order valence-corrected chi connectivity index (χ4v) is 2.98. The van der Waals surface area contributed by atoms with Crippen molar-refractivity contribution in [2.24, 2.45) is 0 Å². The van der Waals surface area contributed by atoms with Crippen molar-refractivity contribution in [1.82, 2.24) is 5.32 Å². The summed E-state index contributed by atoms with van der Waals surface area (Å²) in [6, 6.07) is 15.3. The number of nitrogens with one attached hydrogen (secondary N) is 1. The molecule has 0 unspecified atom stereocenters. The van der Waals surface area contributed by atoms with Gasteiger partial charge in [-0.05, 0) is 55.8 Å². The van der Waals surface area contributed by atoms with Gasteiger partial charge in [0.05, 0.1) is 11.8 Å². The minimum absolute atomic E-state index is 0.00204. The second kappa shape index (κ2) is 8.85. The molecule has 0 aliphatic rings. The van der Waals surface area contributed by atoms with Crippen LogP contribution in [0.25, 0.3) is 0 Å². The molecule has 0 bridgehead atoms. The first-order valence-electron chi connectivity index (χ1n) is 7.44. The molecular weight excluding hydrogens is 330 g/mol. The number of carbonyl (C=O) groups excluding carboxylic acids is 1. The van der Waals surface area contributed by atoms with Crippen LogP contribution in [0.2, 0.25) is 5.02 Å². The Hall–Kier alpha value is -1.65. The van der Waals surface area contributed by atoms with Gasteiger partial charge in [-0.25, -0.2) is 0 Å². The van der Waals surface area contributed by atoms with Gasteiger partial charge < -0.3 is 10.1 Å². The van der Waals surface area contributed by atoms with Crippen LogP contribution in [0, 0.1) is 6.92 Å². The fraction of sp³-hybridized carbons (Fsp3) is 0.278. The molecule has 2 rings (SSSR count). The van der Waals surface area contributed by atoms with Gasteiger partial charge in [-0.15, -0.1) is 11.8 Å². The van der Waals surface area contributed by atoms with Crippen molar-refractivity contribution in [2.45, 2.75) is 24.0 Å². The second-order valence-electron chi connectivity index (χ2n) is 5.17. The van der Waals surface area contributed by atoms with Crippen LogP contribution in [0.1, 0.15) is 12.5 Å². The lowest BCUT2D eigenvalue weighted by Crippen LogP contribution is -2.33. The Labute approximate surface area is 146 Å². The second-order valence-corrected chi connectivity index (χ2v) is 7.02. The Balaban J connectivity index is 1.70. The van der Waals surface area contributed by atoms with Crippen LogP contribution in [-0.2, 0) is 4.79 Å². The summed E-state index contributed by atoms with van der Waals surface area (Å²) in [7, 11) is 0. The van der Waals surface area contributed by atoms with E-state index in [2.05, 4.69) is 5.32 Å². The highest BCUT2D eigenvalue weighted by Crippen LogP contribution is 2.24. The summed E-state index contributed by atoms with van der Waals surface area (Å²) in [5.41, 5.74) is 1.15. The lowest BCUT2D eigenvalue weighted by atomic mass is 10.2. The monoisotopic (exact) mass is 349 g/mol. The van der Waals surface area contributed by atoms with E-state index in [1.807, 2.05) is 62.4 Å². The van der Waals surface area contributed by atoms with Crippen LogP contribution >= 0.6 is 23.4 Å². The fourth-order valence-electron chi connectivity index (χ4n) is 1.96. The number of thioether (sulfide) groups is 1. The molecule has 0 fully saturated rings. The molecule has 23 heavy (non-hydrogen) atoms. The molecule has 2 aromatic carbocycles. The normalized spacial score (nSPS) is 11.8. The maximum atomic E-state index is 12.1. The van der Waals surface area contributed by atoms with E-state index in [0.29, 0.717) is 18.2 Å². The van der Waals surface area contributed by atoms with Crippen LogP contribution in [0.3, 0.4) is 0 Å². The van der Waals surface area contributed by atoms with Crippen molar-refractivity contribution >= 4 is 29.3 Å². The summed E-state index contributed by atoms with van der Waals surface area (Å²) < 4.78 is 5.61. The summed E-state index contributed by atoms with van der Waals surface area (Å²) in [4.78, 5) is 13.1. The first-order chi connectivity index (χ1) is 11.0. The SMILES string of the molecule is Cc1cccc(OCCNC(=O)[C@H](C)Sc2ccc(Cl)cc2)c1. The molecule has 0 heterocycles. The van der Waals surface area contributed by atoms with Gasteiger partial charge in [0, 0.05) is 9.92 Å². The minimum Gasteiger partial charge on any atom is -0.492 e. The third-order valence-electron chi connectivity index (χ3n) is 3.16. The van der Waals surface area contributed by atoms with Crippen molar-refractivity contribution in [1.29, 1.82) is 0 Å². The Morgan fingerprint density at radius 1 is 1.26 bits per heavy atom. The molecule has 2 aromatic rings. The number of hydrogen-bond donors (Lipinski definition) is 1. The molecule has 0 aliphatic carbocycles. The van der Waals surface area contributed by atoms with Gasteiger partial charge in [-0.2, -0.15) is 0 Å². The first kappa shape index (κ1) is 17.7. The lowest BCUT2D eigenvalue weighted by molar-refractivity contribution is -0.120. The van der Waals surface area contributed by atoms with E-state index in [0.717, 1.165) is 16.2 Å². The quantitative estimate of drug-likeness (QED) is 0.597. The zero-order valence-electron chi connectivity index (χ0n) is 13.2.